The van der Waals surface area contributed by atoms with Gasteiger partial charge in [0.05, 0.1) is 11.4 Å². The largest absolute Gasteiger partial charge is 0.323 e. The van der Waals surface area contributed by atoms with Crippen molar-refractivity contribution in [2.24, 2.45) is 0 Å². The normalized spacial score (nSPS) is 13.6. The SMILES string of the molecule is O=C(CSc1ccccc1F)Nc1cc(-c2nnc3n2CCCCC3)ccc1F. The van der Waals surface area contributed by atoms with E-state index in [1.807, 2.05) is 0 Å². The molecule has 1 aliphatic rings. The van der Waals surface area contributed by atoms with Gasteiger partial charge in [-0.1, -0.05) is 18.6 Å². The standard InChI is InChI=1S/C21H20F2N4OS/c22-15-10-9-14(21-26-25-19-8-2-1-5-11-27(19)21)12-17(15)24-20(28)13-29-18-7-4-3-6-16(18)23/h3-4,6-7,9-10,12H,1-2,5,8,11,13H2,(H,24,28). The number of aryl methyl sites for hydroxylation is 1. The number of hydrogen-bond donors (Lipinski definition) is 1. The molecule has 1 aromatic heterocycles. The number of carbonyl (C=O) groups is 1. The molecule has 0 fully saturated rings. The predicted octanol–water partition coefficient (Wildman–Crippen LogP) is 4.68. The lowest BCUT2D eigenvalue weighted by molar-refractivity contribution is -0.113. The molecule has 0 radical (unpaired) electrons. The smallest absolute Gasteiger partial charge is 0.234 e. The summed E-state index contributed by atoms with van der Waals surface area (Å²) in [7, 11) is 0. The average Bonchev–Trinajstić information content (AvgIpc) is 2.97. The molecule has 29 heavy (non-hydrogen) atoms. The Labute approximate surface area is 171 Å². The number of aromatic nitrogens is 3. The highest BCUT2D eigenvalue weighted by Gasteiger charge is 2.18. The van der Waals surface area contributed by atoms with E-state index >= 15 is 0 Å². The minimum absolute atomic E-state index is 0.0229. The van der Waals surface area contributed by atoms with Crippen molar-refractivity contribution in [1.82, 2.24) is 14.8 Å². The molecule has 0 saturated heterocycles. The molecule has 0 spiro atoms. The number of carbonyl (C=O) groups excluding carboxylic acids is 1. The number of amides is 1. The third-order valence-electron chi connectivity index (χ3n) is 4.80. The fraction of sp³-hybridized carbons (Fsp3) is 0.286. The van der Waals surface area contributed by atoms with Crippen LogP contribution in [0, 0.1) is 11.6 Å². The first-order chi connectivity index (χ1) is 14.1. The number of benzene rings is 2. The van der Waals surface area contributed by atoms with Crippen LogP contribution in [-0.4, -0.2) is 26.4 Å². The van der Waals surface area contributed by atoms with Gasteiger partial charge < -0.3 is 9.88 Å². The Balaban J connectivity index is 1.50. The number of halogens is 2. The Bertz CT molecular complexity index is 1040. The van der Waals surface area contributed by atoms with Crippen LogP contribution >= 0.6 is 11.8 Å². The second kappa shape index (κ2) is 8.73. The summed E-state index contributed by atoms with van der Waals surface area (Å²) in [5.74, 6) is 0.270. The van der Waals surface area contributed by atoms with Crippen molar-refractivity contribution in [1.29, 1.82) is 0 Å². The zero-order valence-corrected chi connectivity index (χ0v) is 16.5. The summed E-state index contributed by atoms with van der Waals surface area (Å²) in [5, 5.41) is 11.1. The Morgan fingerprint density at radius 2 is 1.93 bits per heavy atom. The Hall–Kier alpha value is -2.74. The molecule has 0 unspecified atom stereocenters. The molecule has 8 heteroatoms. The molecular formula is C21H20F2N4OS. The van der Waals surface area contributed by atoms with E-state index in [2.05, 4.69) is 20.1 Å². The van der Waals surface area contributed by atoms with Gasteiger partial charge in [0.25, 0.3) is 0 Å². The van der Waals surface area contributed by atoms with Crippen LogP contribution in [0.5, 0.6) is 0 Å². The third-order valence-corrected chi connectivity index (χ3v) is 5.85. The van der Waals surface area contributed by atoms with Crippen molar-refractivity contribution in [2.45, 2.75) is 37.1 Å². The van der Waals surface area contributed by atoms with Crippen molar-refractivity contribution in [3.8, 4) is 11.4 Å². The molecule has 0 bridgehead atoms. The number of rotatable bonds is 5. The Morgan fingerprint density at radius 1 is 1.07 bits per heavy atom. The molecule has 2 heterocycles. The van der Waals surface area contributed by atoms with Crippen LogP contribution in [0.25, 0.3) is 11.4 Å². The third kappa shape index (κ3) is 4.48. The van der Waals surface area contributed by atoms with Crippen molar-refractivity contribution >= 4 is 23.4 Å². The van der Waals surface area contributed by atoms with Gasteiger partial charge in [-0.2, -0.15) is 0 Å². The minimum Gasteiger partial charge on any atom is -0.323 e. The maximum Gasteiger partial charge on any atom is 0.234 e. The Kier molecular flexibility index (Phi) is 5.89. The van der Waals surface area contributed by atoms with Gasteiger partial charge in [-0.15, -0.1) is 22.0 Å². The second-order valence-corrected chi connectivity index (χ2v) is 7.88. The molecule has 150 valence electrons. The quantitative estimate of drug-likeness (QED) is 0.616. The number of nitrogens with one attached hydrogen (secondary N) is 1. The molecule has 5 nitrogen and oxygen atoms in total. The van der Waals surface area contributed by atoms with Crippen molar-refractivity contribution < 1.29 is 13.6 Å². The summed E-state index contributed by atoms with van der Waals surface area (Å²) >= 11 is 1.07. The van der Waals surface area contributed by atoms with Crippen LogP contribution in [-0.2, 0) is 17.8 Å². The van der Waals surface area contributed by atoms with Crippen molar-refractivity contribution in [2.75, 3.05) is 11.1 Å². The maximum absolute atomic E-state index is 14.3. The lowest BCUT2D eigenvalue weighted by Gasteiger charge is -2.10. The lowest BCUT2D eigenvalue weighted by atomic mass is 10.1. The summed E-state index contributed by atoms with van der Waals surface area (Å²) in [6.45, 7) is 0.829. The number of thioether (sulfide) groups is 1. The van der Waals surface area contributed by atoms with E-state index in [1.165, 1.54) is 12.1 Å². The van der Waals surface area contributed by atoms with Crippen LogP contribution in [0.15, 0.2) is 47.4 Å². The second-order valence-electron chi connectivity index (χ2n) is 6.86. The fourth-order valence-electron chi connectivity index (χ4n) is 3.35. The van der Waals surface area contributed by atoms with Crippen LogP contribution in [0.2, 0.25) is 0 Å². The van der Waals surface area contributed by atoms with Gasteiger partial charge in [-0.3, -0.25) is 4.79 Å². The van der Waals surface area contributed by atoms with Gasteiger partial charge in [0.15, 0.2) is 5.82 Å². The summed E-state index contributed by atoms with van der Waals surface area (Å²) in [5.41, 5.74) is 0.775. The van der Waals surface area contributed by atoms with Gasteiger partial charge in [0, 0.05) is 23.4 Å². The summed E-state index contributed by atoms with van der Waals surface area (Å²) in [6.07, 6.45) is 4.16. The molecule has 1 N–H and O–H groups in total. The zero-order chi connectivity index (χ0) is 20.2. The van der Waals surface area contributed by atoms with Crippen molar-refractivity contribution in [3.63, 3.8) is 0 Å². The van der Waals surface area contributed by atoms with E-state index in [4.69, 9.17) is 0 Å². The summed E-state index contributed by atoms with van der Waals surface area (Å²) in [6, 6.07) is 10.8. The van der Waals surface area contributed by atoms with Crippen LogP contribution in [0.1, 0.15) is 25.1 Å². The van der Waals surface area contributed by atoms with E-state index in [9.17, 15) is 13.6 Å². The van der Waals surface area contributed by atoms with Gasteiger partial charge in [0.2, 0.25) is 5.91 Å². The zero-order valence-electron chi connectivity index (χ0n) is 15.7. The topological polar surface area (TPSA) is 59.8 Å². The lowest BCUT2D eigenvalue weighted by Crippen LogP contribution is -2.15. The van der Waals surface area contributed by atoms with Gasteiger partial charge in [-0.25, -0.2) is 8.78 Å². The number of anilines is 1. The highest BCUT2D eigenvalue weighted by molar-refractivity contribution is 8.00. The molecular weight excluding hydrogens is 394 g/mol. The molecule has 0 saturated carbocycles. The van der Waals surface area contributed by atoms with E-state index in [1.54, 1.807) is 30.3 Å². The van der Waals surface area contributed by atoms with Gasteiger partial charge in [-0.05, 0) is 43.2 Å². The number of nitrogens with zero attached hydrogens (tertiary/aromatic N) is 3. The summed E-state index contributed by atoms with van der Waals surface area (Å²) < 4.78 is 30.0. The van der Waals surface area contributed by atoms with Crippen LogP contribution in [0.4, 0.5) is 14.5 Å². The molecule has 3 aromatic rings. The number of hydrogen-bond acceptors (Lipinski definition) is 4. The van der Waals surface area contributed by atoms with E-state index < -0.39 is 11.7 Å². The first-order valence-corrected chi connectivity index (χ1v) is 10.5. The predicted molar refractivity (Wildman–Crippen MR) is 109 cm³/mol. The molecule has 0 atom stereocenters. The van der Waals surface area contributed by atoms with Gasteiger partial charge in [0.1, 0.15) is 17.5 Å². The highest BCUT2D eigenvalue weighted by atomic mass is 32.2. The summed E-state index contributed by atoms with van der Waals surface area (Å²) in [4.78, 5) is 12.6. The fourth-order valence-corrected chi connectivity index (χ4v) is 4.09. The first kappa shape index (κ1) is 19.6. The first-order valence-electron chi connectivity index (χ1n) is 9.51. The van der Waals surface area contributed by atoms with E-state index in [0.29, 0.717) is 16.3 Å². The van der Waals surface area contributed by atoms with E-state index in [-0.39, 0.29) is 17.3 Å². The molecule has 1 aliphatic heterocycles. The van der Waals surface area contributed by atoms with Gasteiger partial charge >= 0.3 is 0 Å². The maximum atomic E-state index is 14.3. The molecule has 2 aromatic carbocycles. The monoisotopic (exact) mass is 414 g/mol. The van der Waals surface area contributed by atoms with Crippen molar-refractivity contribution in [3.05, 3.63) is 59.9 Å². The van der Waals surface area contributed by atoms with Crippen LogP contribution in [0.3, 0.4) is 0 Å². The average molecular weight is 414 g/mol. The van der Waals surface area contributed by atoms with Crippen LogP contribution < -0.4 is 5.32 Å². The number of fused-ring (bicyclic) bond motifs is 1. The molecule has 1 amide bonds. The highest BCUT2D eigenvalue weighted by Crippen LogP contribution is 2.27. The Morgan fingerprint density at radius 3 is 2.79 bits per heavy atom. The molecule has 0 aliphatic carbocycles. The molecule has 4 rings (SSSR count). The minimum atomic E-state index is -0.534. The van der Waals surface area contributed by atoms with E-state index in [0.717, 1.165) is 49.8 Å².